The number of ether oxygens (including phenoxy) is 1. The average molecular weight is 385 g/mol. The van der Waals surface area contributed by atoms with Crippen molar-refractivity contribution >= 4 is 23.2 Å². The van der Waals surface area contributed by atoms with Gasteiger partial charge in [0.15, 0.2) is 0 Å². The van der Waals surface area contributed by atoms with Gasteiger partial charge in [-0.2, -0.15) is 0 Å². The number of carbonyl (C=O) groups excluding carboxylic acids is 1. The molecule has 0 saturated heterocycles. The van der Waals surface area contributed by atoms with E-state index in [1.54, 1.807) is 24.4 Å². The monoisotopic (exact) mass is 384 g/mol. The molecule has 27 heavy (non-hydrogen) atoms. The van der Waals surface area contributed by atoms with Crippen LogP contribution in [-0.4, -0.2) is 15.4 Å². The zero-order valence-electron chi connectivity index (χ0n) is 15.3. The van der Waals surface area contributed by atoms with Crippen LogP contribution in [0.15, 0.2) is 53.5 Å². The highest BCUT2D eigenvalue weighted by atomic mass is 35.5. The minimum atomic E-state index is -0.391. The van der Waals surface area contributed by atoms with E-state index < -0.39 is 5.92 Å². The van der Waals surface area contributed by atoms with Crippen LogP contribution in [0.25, 0.3) is 5.65 Å². The highest BCUT2D eigenvalue weighted by Gasteiger charge is 2.22. The number of hydrogen-bond donors (Lipinski definition) is 0. The van der Waals surface area contributed by atoms with Crippen molar-refractivity contribution in [3.05, 3.63) is 80.9 Å². The van der Waals surface area contributed by atoms with Gasteiger partial charge in [0.1, 0.15) is 12.3 Å². The minimum Gasteiger partial charge on any atom is -0.459 e. The minimum absolute atomic E-state index is 0.0424. The van der Waals surface area contributed by atoms with Crippen molar-refractivity contribution in [1.82, 2.24) is 9.38 Å². The number of nitrogens with zero attached hydrogens (tertiary/aromatic N) is 2. The molecule has 0 aliphatic carbocycles. The van der Waals surface area contributed by atoms with Crippen LogP contribution in [-0.2, 0) is 16.1 Å². The number of esters is 1. The molecule has 0 fully saturated rings. The van der Waals surface area contributed by atoms with Crippen LogP contribution in [0.3, 0.4) is 0 Å². The van der Waals surface area contributed by atoms with Crippen molar-refractivity contribution in [2.45, 2.75) is 39.2 Å². The summed E-state index contributed by atoms with van der Waals surface area (Å²) in [5, 5.41) is 0.584. The van der Waals surface area contributed by atoms with Crippen LogP contribution in [0, 0.1) is 6.92 Å². The number of fused-ring (bicyclic) bond motifs is 1. The van der Waals surface area contributed by atoms with Crippen LogP contribution >= 0.6 is 11.6 Å². The molecule has 2 heterocycles. The van der Waals surface area contributed by atoms with Crippen molar-refractivity contribution < 1.29 is 9.53 Å². The molecule has 0 radical (unpaired) electrons. The van der Waals surface area contributed by atoms with E-state index in [0.717, 1.165) is 17.5 Å². The summed E-state index contributed by atoms with van der Waals surface area (Å²) in [4.78, 5) is 29.3. The first-order valence-corrected chi connectivity index (χ1v) is 9.26. The summed E-state index contributed by atoms with van der Waals surface area (Å²) in [6.45, 7) is 3.88. The number of pyridine rings is 1. The Morgan fingerprint density at radius 2 is 2.07 bits per heavy atom. The Hall–Kier alpha value is -2.66. The molecule has 0 saturated carbocycles. The van der Waals surface area contributed by atoms with Crippen LogP contribution < -0.4 is 5.56 Å². The Morgan fingerprint density at radius 1 is 1.26 bits per heavy atom. The molecular formula is C21H21ClN2O3. The van der Waals surface area contributed by atoms with Crippen molar-refractivity contribution in [3.63, 3.8) is 0 Å². The van der Waals surface area contributed by atoms with Gasteiger partial charge in [0.2, 0.25) is 0 Å². The molecule has 3 aromatic rings. The van der Waals surface area contributed by atoms with Gasteiger partial charge >= 0.3 is 5.97 Å². The fraction of sp³-hybridized carbons (Fsp3) is 0.286. The fourth-order valence-corrected chi connectivity index (χ4v) is 3.21. The number of benzene rings is 1. The van der Waals surface area contributed by atoms with Gasteiger partial charge in [-0.1, -0.05) is 43.1 Å². The normalized spacial score (nSPS) is 12.1. The summed E-state index contributed by atoms with van der Waals surface area (Å²) in [5.41, 5.74) is 2.55. The van der Waals surface area contributed by atoms with Crippen LogP contribution in [0.4, 0.5) is 0 Å². The van der Waals surface area contributed by atoms with Gasteiger partial charge in [-0.15, -0.1) is 0 Å². The standard InChI is InChI=1S/C21H21ClN2O3/c1-3-5-18(15-6-4-7-16(22)10-15)21(26)27-13-17-11-20(25)24-12-14(2)8-9-19(24)23-17/h4,6-12,18H,3,5,13H2,1-2H3. The molecule has 0 bridgehead atoms. The van der Waals surface area contributed by atoms with Gasteiger partial charge in [-0.25, -0.2) is 4.98 Å². The third-order valence-corrected chi connectivity index (χ3v) is 4.57. The zero-order valence-corrected chi connectivity index (χ0v) is 16.1. The number of carbonyl (C=O) groups is 1. The number of aromatic nitrogens is 2. The molecule has 5 nitrogen and oxygen atoms in total. The summed E-state index contributed by atoms with van der Waals surface area (Å²) < 4.78 is 6.95. The molecule has 140 valence electrons. The van der Waals surface area contributed by atoms with Gasteiger partial charge < -0.3 is 4.74 Å². The summed E-state index contributed by atoms with van der Waals surface area (Å²) in [6.07, 6.45) is 3.23. The molecule has 2 aromatic heterocycles. The molecule has 0 aliphatic heterocycles. The zero-order chi connectivity index (χ0) is 19.4. The lowest BCUT2D eigenvalue weighted by Crippen LogP contribution is -2.19. The van der Waals surface area contributed by atoms with E-state index in [1.807, 2.05) is 32.0 Å². The third-order valence-electron chi connectivity index (χ3n) is 4.34. The topological polar surface area (TPSA) is 60.7 Å². The average Bonchev–Trinajstić information content (AvgIpc) is 2.65. The van der Waals surface area contributed by atoms with Gasteiger partial charge in [0, 0.05) is 17.3 Å². The van der Waals surface area contributed by atoms with E-state index in [1.165, 1.54) is 10.5 Å². The molecule has 0 amide bonds. The maximum absolute atomic E-state index is 12.6. The lowest BCUT2D eigenvalue weighted by molar-refractivity contribution is -0.147. The van der Waals surface area contributed by atoms with E-state index in [2.05, 4.69) is 4.98 Å². The first kappa shape index (κ1) is 19.1. The van der Waals surface area contributed by atoms with E-state index in [0.29, 0.717) is 22.8 Å². The van der Waals surface area contributed by atoms with Crippen molar-refractivity contribution in [1.29, 1.82) is 0 Å². The molecule has 3 rings (SSSR count). The Balaban J connectivity index is 1.78. The van der Waals surface area contributed by atoms with Crippen LogP contribution in [0.1, 0.15) is 42.5 Å². The Bertz CT molecular complexity index is 1030. The number of aryl methyl sites for hydroxylation is 1. The highest BCUT2D eigenvalue weighted by Crippen LogP contribution is 2.25. The molecule has 6 heteroatoms. The number of rotatable bonds is 6. The maximum Gasteiger partial charge on any atom is 0.313 e. The van der Waals surface area contributed by atoms with Gasteiger partial charge in [-0.3, -0.25) is 14.0 Å². The third kappa shape index (κ3) is 4.55. The van der Waals surface area contributed by atoms with Crippen molar-refractivity contribution in [2.75, 3.05) is 0 Å². The van der Waals surface area contributed by atoms with E-state index in [-0.39, 0.29) is 18.1 Å². The summed E-state index contributed by atoms with van der Waals surface area (Å²) in [5.74, 6) is -0.733. The quantitative estimate of drug-likeness (QED) is 0.595. The predicted octanol–water partition coefficient (Wildman–Crippen LogP) is 4.28. The Labute approximate surface area is 162 Å². The van der Waals surface area contributed by atoms with Gasteiger partial charge in [0.25, 0.3) is 5.56 Å². The molecule has 0 spiro atoms. The van der Waals surface area contributed by atoms with Crippen LogP contribution in [0.2, 0.25) is 5.02 Å². The number of halogens is 1. The summed E-state index contributed by atoms with van der Waals surface area (Å²) in [6, 6.07) is 12.3. The SMILES string of the molecule is CCCC(C(=O)OCc1cc(=O)n2cc(C)ccc2n1)c1cccc(Cl)c1. The molecule has 0 aliphatic rings. The molecule has 1 aromatic carbocycles. The summed E-state index contributed by atoms with van der Waals surface area (Å²) in [7, 11) is 0. The smallest absolute Gasteiger partial charge is 0.313 e. The second-order valence-corrected chi connectivity index (χ2v) is 6.96. The molecule has 1 unspecified atom stereocenters. The van der Waals surface area contributed by atoms with Crippen LogP contribution in [0.5, 0.6) is 0 Å². The second kappa shape index (κ2) is 8.35. The molecule has 0 N–H and O–H groups in total. The fourth-order valence-electron chi connectivity index (χ4n) is 3.01. The van der Waals surface area contributed by atoms with E-state index in [9.17, 15) is 9.59 Å². The lowest BCUT2D eigenvalue weighted by atomic mass is 9.95. The largest absolute Gasteiger partial charge is 0.459 e. The lowest BCUT2D eigenvalue weighted by Gasteiger charge is -2.16. The highest BCUT2D eigenvalue weighted by molar-refractivity contribution is 6.30. The second-order valence-electron chi connectivity index (χ2n) is 6.52. The predicted molar refractivity (Wildman–Crippen MR) is 105 cm³/mol. The maximum atomic E-state index is 12.6. The molecule has 1 atom stereocenters. The Kier molecular flexibility index (Phi) is 5.91. The first-order chi connectivity index (χ1) is 13.0. The first-order valence-electron chi connectivity index (χ1n) is 8.89. The number of hydrogen-bond acceptors (Lipinski definition) is 4. The van der Waals surface area contributed by atoms with Crippen molar-refractivity contribution in [2.24, 2.45) is 0 Å². The summed E-state index contributed by atoms with van der Waals surface area (Å²) >= 11 is 6.05. The van der Waals surface area contributed by atoms with E-state index in [4.69, 9.17) is 16.3 Å². The molecular weight excluding hydrogens is 364 g/mol. The van der Waals surface area contributed by atoms with Crippen molar-refractivity contribution in [3.8, 4) is 0 Å². The Morgan fingerprint density at radius 3 is 2.81 bits per heavy atom. The van der Waals surface area contributed by atoms with Gasteiger partial charge in [0.05, 0.1) is 11.6 Å². The van der Waals surface area contributed by atoms with Gasteiger partial charge in [-0.05, 0) is 42.7 Å². The van der Waals surface area contributed by atoms with E-state index >= 15 is 0 Å².